The van der Waals surface area contributed by atoms with E-state index in [1.807, 2.05) is 18.2 Å². The SMILES string of the molecule is COc1nc(-c2cccc(-c3cccc(-c4c(C(N)=O)c(=O)n(C)c(=O)n4C)c3C)c2Cl)ccc1C=O. The quantitative estimate of drug-likeness (QED) is 0.390. The average molecular weight is 519 g/mol. The molecule has 0 saturated carbocycles. The Morgan fingerprint density at radius 1 is 0.973 bits per heavy atom. The first-order valence-electron chi connectivity index (χ1n) is 11.1. The molecule has 9 nitrogen and oxygen atoms in total. The van der Waals surface area contributed by atoms with E-state index in [0.29, 0.717) is 50.4 Å². The smallest absolute Gasteiger partial charge is 0.330 e. The molecule has 0 atom stereocenters. The molecule has 1 amide bonds. The number of rotatable bonds is 6. The normalized spacial score (nSPS) is 10.8. The zero-order valence-corrected chi connectivity index (χ0v) is 21.3. The van der Waals surface area contributed by atoms with Gasteiger partial charge >= 0.3 is 5.69 Å². The minimum absolute atomic E-state index is 0.128. The van der Waals surface area contributed by atoms with Crippen LogP contribution in [0.5, 0.6) is 5.88 Å². The Bertz CT molecular complexity index is 1700. The highest BCUT2D eigenvalue weighted by atomic mass is 35.5. The maximum absolute atomic E-state index is 12.8. The third-order valence-electron chi connectivity index (χ3n) is 6.27. The van der Waals surface area contributed by atoms with Crippen LogP contribution in [0.1, 0.15) is 26.3 Å². The second kappa shape index (κ2) is 9.87. The summed E-state index contributed by atoms with van der Waals surface area (Å²) in [6.45, 7) is 1.81. The average Bonchev–Trinajstić information content (AvgIpc) is 2.89. The highest BCUT2D eigenvalue weighted by molar-refractivity contribution is 6.36. The minimum atomic E-state index is -0.935. The molecule has 2 heterocycles. The van der Waals surface area contributed by atoms with Gasteiger partial charge in [-0.1, -0.05) is 48.0 Å². The van der Waals surface area contributed by atoms with Crippen LogP contribution in [0.25, 0.3) is 33.6 Å². The molecule has 0 bridgehead atoms. The van der Waals surface area contributed by atoms with Crippen LogP contribution in [-0.2, 0) is 14.1 Å². The van der Waals surface area contributed by atoms with Crippen molar-refractivity contribution in [3.63, 3.8) is 0 Å². The number of hydrogen-bond acceptors (Lipinski definition) is 6. The Kier molecular flexibility index (Phi) is 6.82. The molecule has 10 heteroatoms. The molecular formula is C27H23ClN4O5. The van der Waals surface area contributed by atoms with Crippen LogP contribution in [0.2, 0.25) is 5.02 Å². The number of pyridine rings is 1. The first kappa shape index (κ1) is 25.6. The standard InChI is InChI=1S/C27H23ClN4O5/c1-14-16(7-5-8-17(14)23-21(24(29)34)26(35)32(3)27(36)31(23)2)18-9-6-10-19(22(18)28)20-12-11-15(13-33)25(30-20)37-4/h5-13H,1-4H3,(H2,29,34). The predicted molar refractivity (Wildman–Crippen MR) is 141 cm³/mol. The predicted octanol–water partition coefficient (Wildman–Crippen LogP) is 3.36. The summed E-state index contributed by atoms with van der Waals surface area (Å²) in [5.74, 6) is -0.757. The topological polar surface area (TPSA) is 126 Å². The van der Waals surface area contributed by atoms with Crippen molar-refractivity contribution in [2.24, 2.45) is 19.8 Å². The van der Waals surface area contributed by atoms with Crippen molar-refractivity contribution in [3.05, 3.63) is 91.1 Å². The molecule has 0 radical (unpaired) electrons. The molecule has 0 spiro atoms. The van der Waals surface area contributed by atoms with Gasteiger partial charge in [0.05, 0.1) is 29.1 Å². The van der Waals surface area contributed by atoms with E-state index in [1.54, 1.807) is 37.3 Å². The van der Waals surface area contributed by atoms with E-state index in [1.165, 1.54) is 25.8 Å². The molecule has 4 rings (SSSR count). The highest BCUT2D eigenvalue weighted by Crippen LogP contribution is 2.40. The van der Waals surface area contributed by atoms with Gasteiger partial charge in [-0.25, -0.2) is 9.78 Å². The van der Waals surface area contributed by atoms with Crippen LogP contribution >= 0.6 is 11.6 Å². The molecule has 0 fully saturated rings. The van der Waals surface area contributed by atoms with Gasteiger partial charge in [0.15, 0.2) is 6.29 Å². The number of nitrogens with two attached hydrogens (primary N) is 1. The third kappa shape index (κ3) is 4.23. The number of benzene rings is 2. The summed E-state index contributed by atoms with van der Waals surface area (Å²) in [4.78, 5) is 53.4. The van der Waals surface area contributed by atoms with Crippen LogP contribution in [0.15, 0.2) is 58.1 Å². The molecule has 37 heavy (non-hydrogen) atoms. The molecule has 0 saturated heterocycles. The van der Waals surface area contributed by atoms with Crippen LogP contribution in [0, 0.1) is 6.92 Å². The van der Waals surface area contributed by atoms with E-state index < -0.39 is 17.2 Å². The van der Waals surface area contributed by atoms with Gasteiger partial charge in [0.25, 0.3) is 11.5 Å². The summed E-state index contributed by atoms with van der Waals surface area (Å²) in [5, 5.41) is 0.393. The molecule has 2 aromatic heterocycles. The number of carbonyl (C=O) groups excluding carboxylic acids is 2. The number of primary amides is 1. The maximum atomic E-state index is 12.8. The van der Waals surface area contributed by atoms with Crippen molar-refractivity contribution in [1.29, 1.82) is 0 Å². The number of nitrogens with zero attached hydrogens (tertiary/aromatic N) is 3. The number of amides is 1. The fraction of sp³-hybridized carbons (Fsp3) is 0.148. The Balaban J connectivity index is 1.97. The Hall–Kier alpha value is -4.50. The second-order valence-electron chi connectivity index (χ2n) is 8.35. The van der Waals surface area contributed by atoms with Gasteiger partial charge in [0.1, 0.15) is 5.56 Å². The number of aldehydes is 1. The largest absolute Gasteiger partial charge is 0.480 e. The van der Waals surface area contributed by atoms with Crippen molar-refractivity contribution in [2.45, 2.75) is 6.92 Å². The van der Waals surface area contributed by atoms with Gasteiger partial charge in [-0.2, -0.15) is 0 Å². The number of ether oxygens (including phenoxy) is 1. The molecule has 0 aliphatic rings. The summed E-state index contributed by atoms with van der Waals surface area (Å²) in [6, 6.07) is 14.0. The zero-order chi connectivity index (χ0) is 27.0. The molecular weight excluding hydrogens is 496 g/mol. The Labute approximate surface area is 216 Å². The zero-order valence-electron chi connectivity index (χ0n) is 20.5. The number of carbonyl (C=O) groups is 2. The van der Waals surface area contributed by atoms with Crippen LogP contribution < -0.4 is 21.7 Å². The molecule has 2 aromatic carbocycles. The molecule has 0 aliphatic heterocycles. The van der Waals surface area contributed by atoms with Crippen LogP contribution in [-0.4, -0.2) is 33.4 Å². The third-order valence-corrected chi connectivity index (χ3v) is 6.68. The number of aromatic nitrogens is 3. The van der Waals surface area contributed by atoms with Gasteiger partial charge in [0.2, 0.25) is 5.88 Å². The van der Waals surface area contributed by atoms with Gasteiger partial charge in [-0.05, 0) is 30.2 Å². The Morgan fingerprint density at radius 3 is 2.22 bits per heavy atom. The number of methoxy groups -OCH3 is 1. The lowest BCUT2D eigenvalue weighted by molar-refractivity contribution is 0.0997. The lowest BCUT2D eigenvalue weighted by atomic mass is 9.92. The molecule has 188 valence electrons. The van der Waals surface area contributed by atoms with E-state index in [2.05, 4.69) is 4.98 Å². The highest BCUT2D eigenvalue weighted by Gasteiger charge is 2.24. The second-order valence-corrected chi connectivity index (χ2v) is 8.73. The van der Waals surface area contributed by atoms with E-state index >= 15 is 0 Å². The van der Waals surface area contributed by atoms with Crippen LogP contribution in [0.4, 0.5) is 0 Å². The Morgan fingerprint density at radius 2 is 1.59 bits per heavy atom. The van der Waals surface area contributed by atoms with E-state index in [9.17, 15) is 19.2 Å². The summed E-state index contributed by atoms with van der Waals surface area (Å²) in [6.07, 6.45) is 0.660. The molecule has 4 aromatic rings. The number of halogens is 1. The lowest BCUT2D eigenvalue weighted by Gasteiger charge is -2.18. The van der Waals surface area contributed by atoms with E-state index in [0.717, 1.165) is 4.57 Å². The number of hydrogen-bond donors (Lipinski definition) is 1. The first-order chi connectivity index (χ1) is 17.6. The summed E-state index contributed by atoms with van der Waals surface area (Å²) < 4.78 is 7.31. The van der Waals surface area contributed by atoms with Gasteiger partial charge in [0, 0.05) is 30.8 Å². The van der Waals surface area contributed by atoms with Crippen molar-refractivity contribution in [1.82, 2.24) is 14.1 Å². The molecule has 0 unspecified atom stereocenters. The monoisotopic (exact) mass is 518 g/mol. The van der Waals surface area contributed by atoms with Gasteiger partial charge in [-0.3, -0.25) is 23.5 Å². The van der Waals surface area contributed by atoms with Crippen LogP contribution in [0.3, 0.4) is 0 Å². The summed E-state index contributed by atoms with van der Waals surface area (Å²) in [5.41, 5.74) is 8.02. The van der Waals surface area contributed by atoms with Crippen molar-refractivity contribution < 1.29 is 14.3 Å². The molecule has 0 aliphatic carbocycles. The molecule has 2 N–H and O–H groups in total. The first-order valence-corrected chi connectivity index (χ1v) is 11.5. The van der Waals surface area contributed by atoms with Crippen molar-refractivity contribution in [2.75, 3.05) is 7.11 Å². The van der Waals surface area contributed by atoms with Crippen molar-refractivity contribution in [3.8, 4) is 39.5 Å². The minimum Gasteiger partial charge on any atom is -0.480 e. The van der Waals surface area contributed by atoms with E-state index in [4.69, 9.17) is 22.1 Å². The fourth-order valence-corrected chi connectivity index (χ4v) is 4.68. The van der Waals surface area contributed by atoms with Crippen molar-refractivity contribution >= 4 is 23.8 Å². The summed E-state index contributed by atoms with van der Waals surface area (Å²) in [7, 11) is 4.20. The van der Waals surface area contributed by atoms with Gasteiger partial charge in [-0.15, -0.1) is 0 Å². The maximum Gasteiger partial charge on any atom is 0.330 e. The van der Waals surface area contributed by atoms with E-state index in [-0.39, 0.29) is 17.1 Å². The fourth-order valence-electron chi connectivity index (χ4n) is 4.36. The lowest BCUT2D eigenvalue weighted by Crippen LogP contribution is -2.42. The van der Waals surface area contributed by atoms with Gasteiger partial charge < -0.3 is 10.5 Å². The summed E-state index contributed by atoms with van der Waals surface area (Å²) >= 11 is 6.87.